The zero-order chi connectivity index (χ0) is 13.8. The van der Waals surface area contributed by atoms with E-state index >= 15 is 0 Å². The first-order chi connectivity index (χ1) is 9.08. The highest BCUT2D eigenvalue weighted by Gasteiger charge is 2.29. The number of hydrogen-bond acceptors (Lipinski definition) is 4. The molecule has 7 heteroatoms. The summed E-state index contributed by atoms with van der Waals surface area (Å²) in [6.07, 6.45) is 0. The number of imide groups is 1. The number of carbonyl (C=O) groups excluding carboxylic acids is 3. The predicted octanol–water partition coefficient (Wildman–Crippen LogP) is 1.87. The van der Waals surface area contributed by atoms with Crippen LogP contribution in [0.15, 0.2) is 28.7 Å². The smallest absolute Gasteiger partial charge is 0.288 e. The summed E-state index contributed by atoms with van der Waals surface area (Å²) in [5.41, 5.74) is 0.539. The summed E-state index contributed by atoms with van der Waals surface area (Å²) in [6.45, 7) is 0.472. The normalized spacial score (nSPS) is 14.9. The van der Waals surface area contributed by atoms with E-state index in [1.165, 1.54) is 0 Å². The number of nitrogens with one attached hydrogen (secondary N) is 1. The van der Waals surface area contributed by atoms with Crippen molar-refractivity contribution in [3.63, 3.8) is 0 Å². The first-order valence-electron chi connectivity index (χ1n) is 5.59. The molecule has 2 rings (SSSR count). The van der Waals surface area contributed by atoms with Crippen molar-refractivity contribution in [2.75, 3.05) is 18.8 Å². The molecule has 19 heavy (non-hydrogen) atoms. The number of thioether (sulfide) groups is 1. The van der Waals surface area contributed by atoms with Crippen LogP contribution in [-0.2, 0) is 4.79 Å². The third-order valence-electron chi connectivity index (χ3n) is 2.57. The lowest BCUT2D eigenvalue weighted by Gasteiger charge is -2.13. The Hall–Kier alpha value is -1.34. The van der Waals surface area contributed by atoms with Gasteiger partial charge in [-0.15, -0.1) is 0 Å². The fourth-order valence-electron chi connectivity index (χ4n) is 1.58. The van der Waals surface area contributed by atoms with E-state index in [-0.39, 0.29) is 35.9 Å². The van der Waals surface area contributed by atoms with Gasteiger partial charge >= 0.3 is 0 Å². The van der Waals surface area contributed by atoms with E-state index in [2.05, 4.69) is 21.2 Å². The molecule has 1 aromatic carbocycles. The Kier molecular flexibility index (Phi) is 4.60. The Morgan fingerprint density at radius 1 is 1.32 bits per heavy atom. The Morgan fingerprint density at radius 3 is 2.58 bits per heavy atom. The summed E-state index contributed by atoms with van der Waals surface area (Å²) in [4.78, 5) is 35.6. The number of rotatable bonds is 4. The molecule has 0 unspecified atom stereocenters. The molecule has 3 amide bonds. The average Bonchev–Trinajstić information content (AvgIpc) is 2.71. The Morgan fingerprint density at radius 2 is 2.00 bits per heavy atom. The van der Waals surface area contributed by atoms with Gasteiger partial charge in [0.25, 0.3) is 11.1 Å². The Labute approximate surface area is 122 Å². The fourth-order valence-corrected chi connectivity index (χ4v) is 2.60. The zero-order valence-electron chi connectivity index (χ0n) is 9.89. The number of nitrogens with zero attached hydrogens (tertiary/aromatic N) is 1. The third kappa shape index (κ3) is 3.57. The molecular formula is C12H11BrN2O3S. The fraction of sp³-hybridized carbons (Fsp3) is 0.250. The quantitative estimate of drug-likeness (QED) is 0.907. The van der Waals surface area contributed by atoms with Gasteiger partial charge in [0.15, 0.2) is 0 Å². The van der Waals surface area contributed by atoms with E-state index in [0.717, 1.165) is 21.1 Å². The van der Waals surface area contributed by atoms with Gasteiger partial charge < -0.3 is 5.32 Å². The molecule has 1 aliphatic heterocycles. The molecule has 5 nitrogen and oxygen atoms in total. The zero-order valence-corrected chi connectivity index (χ0v) is 12.3. The van der Waals surface area contributed by atoms with Gasteiger partial charge in [-0.25, -0.2) is 0 Å². The van der Waals surface area contributed by atoms with E-state index < -0.39 is 0 Å². The van der Waals surface area contributed by atoms with Gasteiger partial charge in [0.2, 0.25) is 5.91 Å². The van der Waals surface area contributed by atoms with Crippen molar-refractivity contribution in [2.24, 2.45) is 0 Å². The van der Waals surface area contributed by atoms with Crippen LogP contribution in [-0.4, -0.2) is 40.8 Å². The maximum absolute atomic E-state index is 11.8. The highest BCUT2D eigenvalue weighted by Crippen LogP contribution is 2.17. The number of benzene rings is 1. The highest BCUT2D eigenvalue weighted by molar-refractivity contribution is 9.10. The van der Waals surface area contributed by atoms with Crippen LogP contribution in [0.25, 0.3) is 0 Å². The minimum absolute atomic E-state index is 0.194. The number of carbonyl (C=O) groups is 3. The van der Waals surface area contributed by atoms with Crippen molar-refractivity contribution in [1.29, 1.82) is 0 Å². The lowest BCUT2D eigenvalue weighted by molar-refractivity contribution is -0.124. The van der Waals surface area contributed by atoms with Crippen LogP contribution < -0.4 is 5.32 Å². The van der Waals surface area contributed by atoms with Gasteiger partial charge in [-0.2, -0.15) is 0 Å². The summed E-state index contributed by atoms with van der Waals surface area (Å²) in [5, 5.41) is 2.43. The predicted molar refractivity (Wildman–Crippen MR) is 76.0 cm³/mol. The summed E-state index contributed by atoms with van der Waals surface area (Å²) in [5.74, 6) is -0.230. The summed E-state index contributed by atoms with van der Waals surface area (Å²) in [7, 11) is 0. The topological polar surface area (TPSA) is 66.5 Å². The van der Waals surface area contributed by atoms with Crippen molar-refractivity contribution in [3.8, 4) is 0 Å². The molecule has 0 spiro atoms. The molecule has 0 saturated carbocycles. The van der Waals surface area contributed by atoms with Crippen LogP contribution in [0.5, 0.6) is 0 Å². The lowest BCUT2D eigenvalue weighted by Crippen LogP contribution is -2.37. The summed E-state index contributed by atoms with van der Waals surface area (Å²) >= 11 is 4.28. The Bertz CT molecular complexity index is 502. The van der Waals surface area contributed by atoms with E-state index in [4.69, 9.17) is 0 Å². The van der Waals surface area contributed by atoms with E-state index in [0.29, 0.717) is 5.56 Å². The number of halogens is 1. The molecule has 1 fully saturated rings. The highest BCUT2D eigenvalue weighted by atomic mass is 79.9. The molecule has 0 radical (unpaired) electrons. The van der Waals surface area contributed by atoms with Gasteiger partial charge in [-0.1, -0.05) is 27.7 Å². The van der Waals surface area contributed by atoms with Crippen LogP contribution in [0.2, 0.25) is 0 Å². The van der Waals surface area contributed by atoms with Gasteiger partial charge in [0.05, 0.1) is 5.75 Å². The first kappa shape index (κ1) is 14.1. The first-order valence-corrected chi connectivity index (χ1v) is 7.36. The molecule has 0 atom stereocenters. The summed E-state index contributed by atoms with van der Waals surface area (Å²) in [6, 6.07) is 6.95. The van der Waals surface area contributed by atoms with Crippen LogP contribution in [0, 0.1) is 0 Å². The Balaban J connectivity index is 1.82. The molecule has 0 bridgehead atoms. The van der Waals surface area contributed by atoms with Crippen LogP contribution >= 0.6 is 27.7 Å². The van der Waals surface area contributed by atoms with Gasteiger partial charge in [-0.3, -0.25) is 19.3 Å². The van der Waals surface area contributed by atoms with Crippen molar-refractivity contribution in [2.45, 2.75) is 0 Å². The lowest BCUT2D eigenvalue weighted by atomic mass is 10.2. The van der Waals surface area contributed by atoms with E-state index in [9.17, 15) is 14.4 Å². The molecule has 0 aromatic heterocycles. The minimum Gasteiger partial charge on any atom is -0.350 e. The second-order valence-corrected chi connectivity index (χ2v) is 5.71. The van der Waals surface area contributed by atoms with Crippen LogP contribution in [0.1, 0.15) is 10.4 Å². The average molecular weight is 343 g/mol. The van der Waals surface area contributed by atoms with Crippen LogP contribution in [0.3, 0.4) is 0 Å². The molecule has 1 saturated heterocycles. The van der Waals surface area contributed by atoms with Crippen molar-refractivity contribution >= 4 is 44.7 Å². The largest absolute Gasteiger partial charge is 0.350 e. The van der Waals surface area contributed by atoms with E-state index in [1.54, 1.807) is 24.3 Å². The van der Waals surface area contributed by atoms with Gasteiger partial charge in [0, 0.05) is 23.1 Å². The molecule has 1 aromatic rings. The van der Waals surface area contributed by atoms with Crippen molar-refractivity contribution in [1.82, 2.24) is 10.2 Å². The molecule has 100 valence electrons. The number of amides is 3. The minimum atomic E-state index is -0.247. The molecule has 0 aliphatic carbocycles. The SMILES string of the molecule is O=C(NCCN1C(=O)CSC1=O)c1ccc(Br)cc1. The molecule has 1 N–H and O–H groups in total. The number of hydrogen-bond donors (Lipinski definition) is 1. The molecule has 1 aliphatic rings. The van der Waals surface area contributed by atoms with Gasteiger partial charge in [0.1, 0.15) is 0 Å². The summed E-state index contributed by atoms with van der Waals surface area (Å²) < 4.78 is 0.898. The molecular weight excluding hydrogens is 332 g/mol. The van der Waals surface area contributed by atoms with Gasteiger partial charge in [-0.05, 0) is 24.3 Å². The van der Waals surface area contributed by atoms with Crippen LogP contribution in [0.4, 0.5) is 4.79 Å². The monoisotopic (exact) mass is 342 g/mol. The van der Waals surface area contributed by atoms with E-state index in [1.807, 2.05) is 0 Å². The third-order valence-corrected chi connectivity index (χ3v) is 3.96. The second-order valence-electron chi connectivity index (χ2n) is 3.86. The standard InChI is InChI=1S/C12H11BrN2O3S/c13-9-3-1-8(2-4-9)11(17)14-5-6-15-10(16)7-19-12(15)18/h1-4H,5-7H2,(H,14,17). The second kappa shape index (κ2) is 6.21. The maximum atomic E-state index is 11.8. The maximum Gasteiger partial charge on any atom is 0.288 e. The van der Waals surface area contributed by atoms with Crippen molar-refractivity contribution in [3.05, 3.63) is 34.3 Å². The molecule has 1 heterocycles. The van der Waals surface area contributed by atoms with Crippen molar-refractivity contribution < 1.29 is 14.4 Å².